The lowest BCUT2D eigenvalue weighted by Gasteiger charge is -2.07. The lowest BCUT2D eigenvalue weighted by molar-refractivity contribution is 0.303. The van der Waals surface area contributed by atoms with E-state index in [1.807, 2.05) is 0 Å². The minimum absolute atomic E-state index is 0.0938. The van der Waals surface area contributed by atoms with Crippen molar-refractivity contribution >= 4 is 11.6 Å². The standard InChI is InChI=1S/C15H10ClF2NO/c16-3-1-2-11-4-13(17)7-15(6-11)20-10-12-5-14(18)9-19-8-12/h4-9H,3,10H2. The Balaban J connectivity index is 2.11. The quantitative estimate of drug-likeness (QED) is 0.638. The van der Waals surface area contributed by atoms with E-state index < -0.39 is 11.6 Å². The van der Waals surface area contributed by atoms with Crippen molar-refractivity contribution < 1.29 is 13.5 Å². The molecule has 0 aliphatic heterocycles. The zero-order valence-electron chi connectivity index (χ0n) is 10.4. The lowest BCUT2D eigenvalue weighted by atomic mass is 10.2. The molecule has 0 saturated heterocycles. The fraction of sp³-hybridized carbons (Fsp3) is 0.133. The third-order valence-electron chi connectivity index (χ3n) is 2.34. The van der Waals surface area contributed by atoms with Gasteiger partial charge in [-0.2, -0.15) is 0 Å². The second-order valence-corrected chi connectivity index (χ2v) is 4.18. The highest BCUT2D eigenvalue weighted by Gasteiger charge is 2.02. The summed E-state index contributed by atoms with van der Waals surface area (Å²) in [5.41, 5.74) is 1.03. The smallest absolute Gasteiger partial charge is 0.141 e. The van der Waals surface area contributed by atoms with Crippen LogP contribution in [0.3, 0.4) is 0 Å². The van der Waals surface area contributed by atoms with Crippen LogP contribution < -0.4 is 4.74 Å². The Morgan fingerprint density at radius 1 is 1.10 bits per heavy atom. The van der Waals surface area contributed by atoms with Gasteiger partial charge in [-0.05, 0) is 18.2 Å². The van der Waals surface area contributed by atoms with Gasteiger partial charge >= 0.3 is 0 Å². The largest absolute Gasteiger partial charge is 0.489 e. The number of halogens is 3. The lowest BCUT2D eigenvalue weighted by Crippen LogP contribution is -1.97. The topological polar surface area (TPSA) is 22.1 Å². The van der Waals surface area contributed by atoms with Gasteiger partial charge in [0.05, 0.1) is 12.1 Å². The molecule has 0 spiro atoms. The minimum atomic E-state index is -0.460. The number of benzene rings is 1. The summed E-state index contributed by atoms with van der Waals surface area (Å²) in [4.78, 5) is 3.71. The highest BCUT2D eigenvalue weighted by Crippen LogP contribution is 2.17. The number of nitrogens with zero attached hydrogens (tertiary/aromatic N) is 1. The summed E-state index contributed by atoms with van der Waals surface area (Å²) >= 11 is 5.45. The number of alkyl halides is 1. The third kappa shape index (κ3) is 4.22. The fourth-order valence-electron chi connectivity index (χ4n) is 1.56. The summed E-state index contributed by atoms with van der Waals surface area (Å²) in [6.07, 6.45) is 2.59. The first-order valence-electron chi connectivity index (χ1n) is 5.75. The fourth-order valence-corrected chi connectivity index (χ4v) is 1.62. The van der Waals surface area contributed by atoms with Crippen LogP contribution in [0, 0.1) is 23.5 Å². The molecule has 1 heterocycles. The molecule has 1 aromatic heterocycles. The van der Waals surface area contributed by atoms with Gasteiger partial charge in [-0.1, -0.05) is 11.8 Å². The summed E-state index contributed by atoms with van der Waals surface area (Å²) in [7, 11) is 0. The second-order valence-electron chi connectivity index (χ2n) is 3.91. The van der Waals surface area contributed by atoms with Crippen LogP contribution in [0.4, 0.5) is 8.78 Å². The molecule has 2 nitrogen and oxygen atoms in total. The Hall–Kier alpha value is -2.12. The Bertz CT molecular complexity index is 664. The van der Waals surface area contributed by atoms with E-state index in [2.05, 4.69) is 16.8 Å². The average Bonchev–Trinajstić information content (AvgIpc) is 2.42. The summed E-state index contributed by atoms with van der Waals surface area (Å²) in [6.45, 7) is 0.0938. The first-order valence-corrected chi connectivity index (χ1v) is 6.28. The zero-order chi connectivity index (χ0) is 14.4. The van der Waals surface area contributed by atoms with Gasteiger partial charge in [0.15, 0.2) is 0 Å². The maximum absolute atomic E-state index is 13.4. The van der Waals surface area contributed by atoms with Gasteiger partial charge in [0.2, 0.25) is 0 Å². The first kappa shape index (κ1) is 14.3. The van der Waals surface area contributed by atoms with Crippen LogP contribution in [0.5, 0.6) is 5.75 Å². The summed E-state index contributed by atoms with van der Waals surface area (Å²) in [5.74, 6) is 4.92. The van der Waals surface area contributed by atoms with Crippen LogP contribution in [-0.2, 0) is 6.61 Å². The molecule has 0 aliphatic carbocycles. The van der Waals surface area contributed by atoms with Gasteiger partial charge in [-0.3, -0.25) is 4.98 Å². The van der Waals surface area contributed by atoms with E-state index in [4.69, 9.17) is 16.3 Å². The van der Waals surface area contributed by atoms with E-state index in [0.29, 0.717) is 16.9 Å². The molecular weight excluding hydrogens is 284 g/mol. The first-order chi connectivity index (χ1) is 9.67. The molecule has 102 valence electrons. The molecule has 5 heteroatoms. The van der Waals surface area contributed by atoms with Crippen molar-refractivity contribution in [2.24, 2.45) is 0 Å². The van der Waals surface area contributed by atoms with Crippen molar-refractivity contribution in [1.82, 2.24) is 4.98 Å². The van der Waals surface area contributed by atoms with Gasteiger partial charge in [0.1, 0.15) is 24.0 Å². The van der Waals surface area contributed by atoms with Gasteiger partial charge < -0.3 is 4.74 Å². The van der Waals surface area contributed by atoms with Crippen LogP contribution in [0.15, 0.2) is 36.7 Å². The Kier molecular flexibility index (Phi) is 4.91. The highest BCUT2D eigenvalue weighted by atomic mass is 35.5. The Labute approximate surface area is 120 Å². The number of ether oxygens (including phenoxy) is 1. The van der Waals surface area contributed by atoms with Crippen molar-refractivity contribution in [3.05, 3.63) is 59.4 Å². The Morgan fingerprint density at radius 3 is 2.70 bits per heavy atom. The molecule has 2 aromatic rings. The molecule has 2 rings (SSSR count). The van der Waals surface area contributed by atoms with Crippen molar-refractivity contribution in [1.29, 1.82) is 0 Å². The third-order valence-corrected chi connectivity index (χ3v) is 2.47. The van der Waals surface area contributed by atoms with E-state index in [-0.39, 0.29) is 12.5 Å². The van der Waals surface area contributed by atoms with Gasteiger partial charge in [-0.15, -0.1) is 11.6 Å². The number of rotatable bonds is 3. The van der Waals surface area contributed by atoms with Crippen LogP contribution >= 0.6 is 11.6 Å². The Morgan fingerprint density at radius 2 is 1.95 bits per heavy atom. The second kappa shape index (κ2) is 6.88. The number of aromatic nitrogens is 1. The molecule has 0 radical (unpaired) electrons. The summed E-state index contributed by atoms with van der Waals surface area (Å²) in [5, 5.41) is 0. The van der Waals surface area contributed by atoms with E-state index >= 15 is 0 Å². The minimum Gasteiger partial charge on any atom is -0.489 e. The zero-order valence-corrected chi connectivity index (χ0v) is 11.1. The molecule has 0 atom stereocenters. The molecule has 0 saturated carbocycles. The molecule has 0 fully saturated rings. The molecular formula is C15H10ClF2NO. The average molecular weight is 294 g/mol. The number of pyridine rings is 1. The van der Waals surface area contributed by atoms with Crippen LogP contribution in [0.25, 0.3) is 0 Å². The molecule has 0 aliphatic rings. The van der Waals surface area contributed by atoms with Crippen LogP contribution in [0.2, 0.25) is 0 Å². The molecule has 1 aromatic carbocycles. The summed E-state index contributed by atoms with van der Waals surface area (Å²) < 4.78 is 31.7. The molecule has 20 heavy (non-hydrogen) atoms. The SMILES string of the molecule is Fc1cncc(COc2cc(F)cc(C#CCCl)c2)c1. The maximum Gasteiger partial charge on any atom is 0.141 e. The molecule has 0 unspecified atom stereocenters. The van der Waals surface area contributed by atoms with E-state index in [9.17, 15) is 8.78 Å². The van der Waals surface area contributed by atoms with E-state index in [1.165, 1.54) is 24.4 Å². The van der Waals surface area contributed by atoms with E-state index in [1.54, 1.807) is 6.07 Å². The normalized spacial score (nSPS) is 9.75. The summed E-state index contributed by atoms with van der Waals surface area (Å²) in [6, 6.07) is 5.42. The van der Waals surface area contributed by atoms with Gasteiger partial charge in [0.25, 0.3) is 0 Å². The van der Waals surface area contributed by atoms with Crippen molar-refractivity contribution in [2.45, 2.75) is 6.61 Å². The maximum atomic E-state index is 13.4. The van der Waals surface area contributed by atoms with Crippen LogP contribution in [0.1, 0.15) is 11.1 Å². The predicted octanol–water partition coefficient (Wildman–Crippen LogP) is 3.53. The van der Waals surface area contributed by atoms with Gasteiger partial charge in [0, 0.05) is 23.4 Å². The molecule has 0 bridgehead atoms. The van der Waals surface area contributed by atoms with E-state index in [0.717, 1.165) is 6.20 Å². The number of hydrogen-bond acceptors (Lipinski definition) is 2. The highest BCUT2D eigenvalue weighted by molar-refractivity contribution is 6.19. The van der Waals surface area contributed by atoms with Gasteiger partial charge in [-0.25, -0.2) is 8.78 Å². The molecule has 0 N–H and O–H groups in total. The van der Waals surface area contributed by atoms with Crippen molar-refractivity contribution in [2.75, 3.05) is 5.88 Å². The van der Waals surface area contributed by atoms with Crippen molar-refractivity contribution in [3.8, 4) is 17.6 Å². The molecule has 0 amide bonds. The van der Waals surface area contributed by atoms with Crippen molar-refractivity contribution in [3.63, 3.8) is 0 Å². The monoisotopic (exact) mass is 293 g/mol. The number of hydrogen-bond donors (Lipinski definition) is 0. The van der Waals surface area contributed by atoms with Crippen LogP contribution in [-0.4, -0.2) is 10.9 Å². The predicted molar refractivity (Wildman–Crippen MR) is 72.5 cm³/mol.